The third kappa shape index (κ3) is 10.5. The Kier molecular flexibility index (Phi) is 13.0. The second kappa shape index (κ2) is 13.0. The Bertz CT molecular complexity index is 177. The summed E-state index contributed by atoms with van der Waals surface area (Å²) in [5.74, 6) is 0.697. The predicted molar refractivity (Wildman–Crippen MR) is 81.3 cm³/mol. The molecule has 0 aromatic carbocycles. The van der Waals surface area contributed by atoms with Crippen LogP contribution in [0.3, 0.4) is 0 Å². The van der Waals surface area contributed by atoms with Crippen molar-refractivity contribution in [2.24, 2.45) is 11.7 Å². The van der Waals surface area contributed by atoms with E-state index in [1.54, 1.807) is 21.3 Å². The van der Waals surface area contributed by atoms with Gasteiger partial charge in [0.05, 0.1) is 0 Å². The van der Waals surface area contributed by atoms with E-state index < -0.39 is 9.53 Å². The lowest BCUT2D eigenvalue weighted by Gasteiger charge is -2.19. The van der Waals surface area contributed by atoms with E-state index in [9.17, 15) is 0 Å². The van der Waals surface area contributed by atoms with Crippen LogP contribution in [0, 0.1) is 5.92 Å². The maximum atomic E-state index is 5.90. The molecular weight excluding hydrogens is 260 g/mol. The molecule has 116 valence electrons. The maximum Gasteiger partial charge on any atom is 0.483 e. The largest absolute Gasteiger partial charge is 0.483 e. The molecule has 0 spiro atoms. The van der Waals surface area contributed by atoms with Crippen molar-refractivity contribution < 1.29 is 13.3 Å². The summed E-state index contributed by atoms with van der Waals surface area (Å²) in [5.41, 5.74) is 5.90. The first-order valence-corrected chi connectivity index (χ1v) is 8.61. The van der Waals surface area contributed by atoms with Gasteiger partial charge >= 0.3 is 9.53 Å². The lowest BCUT2D eigenvalue weighted by molar-refractivity contribution is 0.163. The fraction of sp³-hybridized carbons (Fsp3) is 1.00. The molecule has 0 bridgehead atoms. The van der Waals surface area contributed by atoms with Crippen LogP contribution in [-0.2, 0) is 13.3 Å². The fourth-order valence-electron chi connectivity index (χ4n) is 2.14. The van der Waals surface area contributed by atoms with Gasteiger partial charge in [-0.2, -0.15) is 0 Å². The molecule has 1 aliphatic rings. The standard InChI is InChI=1S/C10H22N2.C3H10O3Si/c1-9(11)10-6-4-2-3-5-7-12-8-10;1-4-7(5-2)6-3/h9-10,12H,2-8,11H2,1H3;7H,1-3H3. The number of hydrogen-bond donors (Lipinski definition) is 2. The minimum Gasteiger partial charge on any atom is -0.379 e. The first-order valence-electron chi connectivity index (χ1n) is 7.20. The highest BCUT2D eigenvalue weighted by Crippen LogP contribution is 2.14. The van der Waals surface area contributed by atoms with Crippen LogP contribution in [0.25, 0.3) is 0 Å². The third-order valence-electron chi connectivity index (χ3n) is 3.41. The molecule has 1 rings (SSSR count). The van der Waals surface area contributed by atoms with Crippen molar-refractivity contribution in [3.63, 3.8) is 0 Å². The van der Waals surface area contributed by atoms with Crippen molar-refractivity contribution in [1.82, 2.24) is 5.32 Å². The molecule has 5 nitrogen and oxygen atoms in total. The summed E-state index contributed by atoms with van der Waals surface area (Å²) in [6.07, 6.45) is 6.80. The quantitative estimate of drug-likeness (QED) is 0.761. The van der Waals surface area contributed by atoms with Gasteiger partial charge in [-0.1, -0.05) is 19.3 Å². The van der Waals surface area contributed by atoms with Crippen molar-refractivity contribution >= 4 is 9.53 Å². The molecular formula is C13H32N2O3Si. The van der Waals surface area contributed by atoms with Gasteiger partial charge in [-0.25, -0.2) is 0 Å². The van der Waals surface area contributed by atoms with Gasteiger partial charge in [0, 0.05) is 27.4 Å². The number of nitrogens with one attached hydrogen (secondary N) is 1. The Morgan fingerprint density at radius 1 is 1.05 bits per heavy atom. The zero-order chi connectivity index (χ0) is 14.5. The lowest BCUT2D eigenvalue weighted by atomic mass is 9.95. The highest BCUT2D eigenvalue weighted by atomic mass is 28.3. The van der Waals surface area contributed by atoms with Crippen molar-refractivity contribution in [2.75, 3.05) is 34.4 Å². The summed E-state index contributed by atoms with van der Waals surface area (Å²) in [4.78, 5) is 0. The molecule has 0 saturated carbocycles. The zero-order valence-corrected chi connectivity index (χ0v) is 14.1. The van der Waals surface area contributed by atoms with E-state index in [2.05, 4.69) is 12.2 Å². The Morgan fingerprint density at radius 3 is 2.11 bits per heavy atom. The van der Waals surface area contributed by atoms with E-state index in [1.807, 2.05) is 0 Å². The SMILES string of the molecule is CC(N)C1CCCCCCNC1.CO[SiH](OC)OC. The smallest absolute Gasteiger partial charge is 0.379 e. The molecule has 2 atom stereocenters. The normalized spacial score (nSPS) is 22.7. The summed E-state index contributed by atoms with van der Waals surface area (Å²) in [6.45, 7) is 4.44. The first-order chi connectivity index (χ1) is 9.15. The molecule has 1 aliphatic heterocycles. The third-order valence-corrected chi connectivity index (χ3v) is 4.56. The van der Waals surface area contributed by atoms with Gasteiger partial charge in [0.15, 0.2) is 0 Å². The average molecular weight is 292 g/mol. The summed E-state index contributed by atoms with van der Waals surface area (Å²) < 4.78 is 14.2. The number of hydrogen-bond acceptors (Lipinski definition) is 5. The van der Waals surface area contributed by atoms with Crippen LogP contribution >= 0.6 is 0 Å². The van der Waals surface area contributed by atoms with Gasteiger partial charge in [0.1, 0.15) is 0 Å². The molecule has 3 N–H and O–H groups in total. The van der Waals surface area contributed by atoms with Gasteiger partial charge in [-0.3, -0.25) is 0 Å². The molecule has 2 unspecified atom stereocenters. The fourth-order valence-corrected chi connectivity index (χ4v) is 2.71. The Hall–Kier alpha value is 0.0169. The second-order valence-electron chi connectivity index (χ2n) is 5.02. The Labute approximate surface area is 120 Å². The molecule has 0 aromatic heterocycles. The Morgan fingerprint density at radius 2 is 1.63 bits per heavy atom. The van der Waals surface area contributed by atoms with Crippen molar-refractivity contribution in [2.45, 2.75) is 45.1 Å². The molecule has 0 aromatic rings. The highest BCUT2D eigenvalue weighted by molar-refractivity contribution is 6.36. The lowest BCUT2D eigenvalue weighted by Crippen LogP contribution is -2.35. The Balaban J connectivity index is 0.000000399. The van der Waals surface area contributed by atoms with Crippen LogP contribution in [0.5, 0.6) is 0 Å². The number of rotatable bonds is 4. The van der Waals surface area contributed by atoms with Crippen molar-refractivity contribution in [1.29, 1.82) is 0 Å². The van der Waals surface area contributed by atoms with Crippen LogP contribution < -0.4 is 11.1 Å². The van der Waals surface area contributed by atoms with Crippen molar-refractivity contribution in [3.05, 3.63) is 0 Å². The van der Waals surface area contributed by atoms with Gasteiger partial charge in [-0.05, 0) is 38.8 Å². The van der Waals surface area contributed by atoms with E-state index in [-0.39, 0.29) is 0 Å². The van der Waals surface area contributed by atoms with Gasteiger partial charge in [0.25, 0.3) is 0 Å². The molecule has 0 aliphatic carbocycles. The van der Waals surface area contributed by atoms with Gasteiger partial charge in [-0.15, -0.1) is 0 Å². The minimum atomic E-state index is -1.67. The average Bonchev–Trinajstić information content (AvgIpc) is 2.55. The monoisotopic (exact) mass is 292 g/mol. The van der Waals surface area contributed by atoms with Gasteiger partial charge < -0.3 is 24.3 Å². The summed E-state index contributed by atoms with van der Waals surface area (Å²) in [7, 11) is 3.05. The van der Waals surface area contributed by atoms with Crippen molar-refractivity contribution in [3.8, 4) is 0 Å². The summed E-state index contributed by atoms with van der Waals surface area (Å²) in [5, 5.41) is 3.48. The summed E-state index contributed by atoms with van der Waals surface area (Å²) in [6, 6.07) is 0.357. The first kappa shape index (κ1) is 19.0. The molecule has 6 heteroatoms. The predicted octanol–water partition coefficient (Wildman–Crippen LogP) is 1.15. The highest BCUT2D eigenvalue weighted by Gasteiger charge is 2.13. The molecule has 1 heterocycles. The second-order valence-corrected chi connectivity index (χ2v) is 7.01. The van der Waals surface area contributed by atoms with E-state index in [0.29, 0.717) is 12.0 Å². The van der Waals surface area contributed by atoms with Crippen LogP contribution in [0.15, 0.2) is 0 Å². The van der Waals surface area contributed by atoms with E-state index in [4.69, 9.17) is 19.0 Å². The van der Waals surface area contributed by atoms with E-state index in [0.717, 1.165) is 6.54 Å². The zero-order valence-electron chi connectivity index (χ0n) is 13.0. The van der Waals surface area contributed by atoms with Crippen LogP contribution in [-0.4, -0.2) is 50.0 Å². The summed E-state index contributed by atoms with van der Waals surface area (Å²) >= 11 is 0. The molecule has 0 radical (unpaired) electrons. The van der Waals surface area contributed by atoms with E-state index in [1.165, 1.54) is 38.6 Å². The van der Waals surface area contributed by atoms with Crippen LogP contribution in [0.2, 0.25) is 0 Å². The molecule has 1 saturated heterocycles. The molecule has 19 heavy (non-hydrogen) atoms. The van der Waals surface area contributed by atoms with Crippen LogP contribution in [0.4, 0.5) is 0 Å². The molecule has 1 fully saturated rings. The maximum absolute atomic E-state index is 5.90. The topological polar surface area (TPSA) is 65.7 Å². The van der Waals surface area contributed by atoms with Gasteiger partial charge in [0.2, 0.25) is 0 Å². The molecule has 0 amide bonds. The van der Waals surface area contributed by atoms with Crippen LogP contribution in [0.1, 0.15) is 39.0 Å². The number of nitrogens with two attached hydrogens (primary N) is 1. The minimum absolute atomic E-state index is 0.357. The van der Waals surface area contributed by atoms with E-state index >= 15 is 0 Å².